The molecule has 1 aliphatic rings. The van der Waals surface area contributed by atoms with E-state index < -0.39 is 17.9 Å². The second-order valence-electron chi connectivity index (χ2n) is 4.84. The Morgan fingerprint density at radius 3 is 2.94 bits per heavy atom. The minimum Gasteiger partial charge on any atom is -0.383 e. The number of alkyl halides is 1. The molecule has 1 heterocycles. The van der Waals surface area contributed by atoms with Crippen LogP contribution in [0, 0.1) is 18.8 Å². The molecule has 0 aromatic carbocycles. The zero-order valence-corrected chi connectivity index (χ0v) is 10.5. The number of anilines is 1. The molecule has 0 saturated carbocycles. The quantitative estimate of drug-likeness (QED) is 0.776. The SMILES string of the molecule is [2H]C[C@H]1C=C[C@@H](n2cc(C)c(N)nc2=O)[C@H](F)[C@@H]1C. The van der Waals surface area contributed by atoms with Crippen molar-refractivity contribution in [3.05, 3.63) is 34.4 Å². The van der Waals surface area contributed by atoms with Gasteiger partial charge in [-0.05, 0) is 18.8 Å². The Morgan fingerprint density at radius 1 is 1.56 bits per heavy atom. The van der Waals surface area contributed by atoms with E-state index in [1.807, 2.05) is 6.08 Å². The van der Waals surface area contributed by atoms with Gasteiger partial charge in [0.25, 0.3) is 0 Å². The minimum atomic E-state index is -1.21. The molecule has 1 aromatic heterocycles. The van der Waals surface area contributed by atoms with Crippen LogP contribution in [0.15, 0.2) is 23.1 Å². The molecule has 1 aliphatic carbocycles. The molecule has 5 heteroatoms. The first-order chi connectivity index (χ1) is 8.95. The van der Waals surface area contributed by atoms with Crippen molar-refractivity contribution in [3.8, 4) is 0 Å². The Morgan fingerprint density at radius 2 is 2.28 bits per heavy atom. The molecule has 0 saturated heterocycles. The Balaban J connectivity index is 2.43. The van der Waals surface area contributed by atoms with Gasteiger partial charge in [0.05, 0.1) is 6.04 Å². The predicted octanol–water partition coefficient (Wildman–Crippen LogP) is 1.86. The number of allylic oxidation sites excluding steroid dienone is 2. The van der Waals surface area contributed by atoms with Crippen molar-refractivity contribution < 1.29 is 5.76 Å². The van der Waals surface area contributed by atoms with E-state index in [4.69, 9.17) is 7.10 Å². The molecule has 0 amide bonds. The molecule has 18 heavy (non-hydrogen) atoms. The number of nitrogens with zero attached hydrogens (tertiary/aromatic N) is 2. The highest BCUT2D eigenvalue weighted by molar-refractivity contribution is 5.35. The lowest BCUT2D eigenvalue weighted by Crippen LogP contribution is -2.37. The fraction of sp³-hybridized carbons (Fsp3) is 0.538. The Bertz CT molecular complexity index is 557. The van der Waals surface area contributed by atoms with Crippen LogP contribution in [0.25, 0.3) is 0 Å². The van der Waals surface area contributed by atoms with Crippen LogP contribution in [0.3, 0.4) is 0 Å². The van der Waals surface area contributed by atoms with E-state index in [-0.39, 0.29) is 24.6 Å². The number of halogens is 1. The maximum Gasteiger partial charge on any atom is 0.350 e. The van der Waals surface area contributed by atoms with E-state index >= 15 is 0 Å². The normalized spacial score (nSPS) is 32.3. The van der Waals surface area contributed by atoms with Crippen LogP contribution in [0.5, 0.6) is 0 Å². The first-order valence-electron chi connectivity index (χ1n) is 6.63. The van der Waals surface area contributed by atoms with Gasteiger partial charge in [0.15, 0.2) is 0 Å². The molecule has 0 unspecified atom stereocenters. The molecule has 0 radical (unpaired) electrons. The molecule has 98 valence electrons. The first kappa shape index (κ1) is 11.4. The largest absolute Gasteiger partial charge is 0.383 e. The number of nitrogen functional groups attached to an aromatic ring is 1. The average Bonchev–Trinajstić information content (AvgIpc) is 2.37. The summed E-state index contributed by atoms with van der Waals surface area (Å²) in [5.41, 5.74) is 5.67. The second kappa shape index (κ2) is 4.55. The van der Waals surface area contributed by atoms with Crippen LogP contribution in [0.1, 0.15) is 26.8 Å². The maximum atomic E-state index is 14.4. The number of nitrogens with two attached hydrogens (primary N) is 1. The maximum absolute atomic E-state index is 14.4. The molecule has 4 atom stereocenters. The van der Waals surface area contributed by atoms with E-state index in [0.29, 0.717) is 5.56 Å². The van der Waals surface area contributed by atoms with E-state index in [2.05, 4.69) is 4.98 Å². The summed E-state index contributed by atoms with van der Waals surface area (Å²) in [5, 5.41) is 0. The van der Waals surface area contributed by atoms with Crippen molar-refractivity contribution in [2.45, 2.75) is 33.0 Å². The molecule has 0 bridgehead atoms. The lowest BCUT2D eigenvalue weighted by Gasteiger charge is -2.32. The van der Waals surface area contributed by atoms with Crippen molar-refractivity contribution in [2.24, 2.45) is 11.8 Å². The van der Waals surface area contributed by atoms with E-state index in [0.717, 1.165) is 0 Å². The molecule has 0 spiro atoms. The average molecular weight is 252 g/mol. The van der Waals surface area contributed by atoms with Gasteiger partial charge in [-0.1, -0.05) is 26.0 Å². The Hall–Kier alpha value is -1.65. The summed E-state index contributed by atoms with van der Waals surface area (Å²) in [4.78, 5) is 15.5. The molecule has 2 N–H and O–H groups in total. The lowest BCUT2D eigenvalue weighted by molar-refractivity contribution is 0.147. The third kappa shape index (κ3) is 2.05. The van der Waals surface area contributed by atoms with Crippen molar-refractivity contribution >= 4 is 5.82 Å². The second-order valence-corrected chi connectivity index (χ2v) is 4.84. The zero-order chi connectivity index (χ0) is 14.2. The summed E-state index contributed by atoms with van der Waals surface area (Å²) in [7, 11) is 0. The van der Waals surface area contributed by atoms with Crippen LogP contribution < -0.4 is 11.4 Å². The standard InChI is InChI=1S/C13H18FN3O/c1-7-4-5-10(11(14)9(7)3)17-6-8(2)12(15)16-13(17)18/h4-7,9-11H,1-3H3,(H2,15,16,18)/t7-,9+,10+,11+/m0/s1/i1D. The van der Waals surface area contributed by atoms with Crippen LogP contribution >= 0.6 is 0 Å². The molecule has 0 aliphatic heterocycles. The molecular weight excluding hydrogens is 233 g/mol. The van der Waals surface area contributed by atoms with Gasteiger partial charge in [-0.2, -0.15) is 4.98 Å². The monoisotopic (exact) mass is 252 g/mol. The fourth-order valence-corrected chi connectivity index (χ4v) is 2.12. The van der Waals surface area contributed by atoms with Crippen LogP contribution in [0.4, 0.5) is 10.2 Å². The van der Waals surface area contributed by atoms with E-state index in [1.165, 1.54) is 4.57 Å². The zero-order valence-electron chi connectivity index (χ0n) is 11.5. The van der Waals surface area contributed by atoms with E-state index in [9.17, 15) is 9.18 Å². The molecule has 1 aromatic rings. The van der Waals surface area contributed by atoms with Gasteiger partial charge in [0, 0.05) is 13.1 Å². The Kier molecular flexibility index (Phi) is 2.89. The molecule has 2 rings (SSSR count). The summed E-state index contributed by atoms with van der Waals surface area (Å²) in [6.45, 7) is 3.65. The third-order valence-corrected chi connectivity index (χ3v) is 3.55. The summed E-state index contributed by atoms with van der Waals surface area (Å²) in [6.07, 6.45) is 3.81. The van der Waals surface area contributed by atoms with Gasteiger partial charge in [-0.15, -0.1) is 0 Å². The van der Waals surface area contributed by atoms with E-state index in [1.54, 1.807) is 26.1 Å². The summed E-state index contributed by atoms with van der Waals surface area (Å²) in [6, 6.07) is -0.669. The predicted molar refractivity (Wildman–Crippen MR) is 69.0 cm³/mol. The van der Waals surface area contributed by atoms with Crippen molar-refractivity contribution in [2.75, 3.05) is 5.73 Å². The van der Waals surface area contributed by atoms with Gasteiger partial charge in [0.1, 0.15) is 12.0 Å². The summed E-state index contributed by atoms with van der Waals surface area (Å²) < 4.78 is 23.1. The van der Waals surface area contributed by atoms with Crippen molar-refractivity contribution in [1.82, 2.24) is 9.55 Å². The number of hydrogen-bond donors (Lipinski definition) is 1. The van der Waals surface area contributed by atoms with Crippen LogP contribution in [0.2, 0.25) is 0 Å². The first-order valence-corrected chi connectivity index (χ1v) is 5.92. The number of rotatable bonds is 1. The third-order valence-electron chi connectivity index (χ3n) is 3.55. The smallest absolute Gasteiger partial charge is 0.350 e. The summed E-state index contributed by atoms with van der Waals surface area (Å²) in [5.74, 6) is -0.226. The fourth-order valence-electron chi connectivity index (χ4n) is 2.12. The van der Waals surface area contributed by atoms with Gasteiger partial charge >= 0.3 is 5.69 Å². The van der Waals surface area contributed by atoms with Crippen LogP contribution in [-0.4, -0.2) is 15.7 Å². The highest BCUT2D eigenvalue weighted by Crippen LogP contribution is 2.33. The Labute approximate surface area is 107 Å². The summed E-state index contributed by atoms with van der Waals surface area (Å²) >= 11 is 0. The van der Waals surface area contributed by atoms with Gasteiger partial charge in [-0.3, -0.25) is 4.57 Å². The highest BCUT2D eigenvalue weighted by Gasteiger charge is 2.33. The van der Waals surface area contributed by atoms with Gasteiger partial charge in [0.2, 0.25) is 0 Å². The highest BCUT2D eigenvalue weighted by atomic mass is 19.1. The van der Waals surface area contributed by atoms with Gasteiger partial charge < -0.3 is 5.73 Å². The number of aryl methyl sites for hydroxylation is 1. The van der Waals surface area contributed by atoms with Crippen molar-refractivity contribution in [3.63, 3.8) is 0 Å². The van der Waals surface area contributed by atoms with Crippen molar-refractivity contribution in [1.29, 1.82) is 0 Å². The molecule has 4 nitrogen and oxygen atoms in total. The molecule has 0 fully saturated rings. The molecular formula is C13H18FN3O. The number of aromatic nitrogens is 2. The lowest BCUT2D eigenvalue weighted by atomic mass is 9.82. The number of hydrogen-bond acceptors (Lipinski definition) is 3. The van der Waals surface area contributed by atoms with Crippen LogP contribution in [-0.2, 0) is 0 Å². The minimum absolute atomic E-state index is 0.107. The van der Waals surface area contributed by atoms with Gasteiger partial charge in [-0.25, -0.2) is 9.18 Å². The topological polar surface area (TPSA) is 60.9 Å².